The van der Waals surface area contributed by atoms with Gasteiger partial charge >= 0.3 is 0 Å². The van der Waals surface area contributed by atoms with Crippen molar-refractivity contribution in [2.75, 3.05) is 5.32 Å². The molecule has 1 fully saturated rings. The maximum atomic E-state index is 14.5. The normalized spacial score (nSPS) is 15.3. The number of halogens is 1. The fourth-order valence-corrected chi connectivity index (χ4v) is 3.85. The van der Waals surface area contributed by atoms with E-state index in [-0.39, 0.29) is 37.7 Å². The number of piperidine rings is 1. The number of nitrogens with two attached hydrogens (primary N) is 1. The Morgan fingerprint density at radius 2 is 1.97 bits per heavy atom. The second-order valence-electron chi connectivity index (χ2n) is 7.05. The van der Waals surface area contributed by atoms with Gasteiger partial charge in [-0.2, -0.15) is 0 Å². The Hall–Kier alpha value is -2.91. The molecule has 0 saturated carbocycles. The minimum Gasteiger partial charge on any atom is -0.381 e. The van der Waals surface area contributed by atoms with Gasteiger partial charge in [-0.1, -0.05) is 38.1 Å². The average molecular weight is 461 g/mol. The summed E-state index contributed by atoms with van der Waals surface area (Å²) in [5, 5.41) is 11.0. The topological polar surface area (TPSA) is 105 Å². The SMILES string of the molecule is CC.Cc1cccc(NCc2cccc(SN)c2F)c1CN(C=O)C1CCC(=O)NC1=O. The van der Waals surface area contributed by atoms with Gasteiger partial charge < -0.3 is 10.2 Å². The van der Waals surface area contributed by atoms with Crippen molar-refractivity contribution < 1.29 is 18.8 Å². The minimum atomic E-state index is -0.705. The summed E-state index contributed by atoms with van der Waals surface area (Å²) < 4.78 is 14.5. The van der Waals surface area contributed by atoms with Crippen LogP contribution in [0.5, 0.6) is 0 Å². The van der Waals surface area contributed by atoms with Crippen LogP contribution in [0.2, 0.25) is 0 Å². The first-order valence-corrected chi connectivity index (χ1v) is 11.3. The number of hydrogen-bond acceptors (Lipinski definition) is 6. The van der Waals surface area contributed by atoms with Gasteiger partial charge in [0.2, 0.25) is 18.2 Å². The molecule has 3 amide bonds. The minimum absolute atomic E-state index is 0.186. The molecule has 1 saturated heterocycles. The molecule has 32 heavy (non-hydrogen) atoms. The first-order valence-electron chi connectivity index (χ1n) is 10.5. The Morgan fingerprint density at radius 3 is 2.62 bits per heavy atom. The van der Waals surface area contributed by atoms with Crippen LogP contribution in [0, 0.1) is 12.7 Å². The van der Waals surface area contributed by atoms with Crippen molar-refractivity contribution >= 4 is 35.9 Å². The standard InChI is InChI=1S/C21H23FN4O3S.C2H6/c1-13-4-2-6-16(24-10-14-5-3-7-18(30-23)20(14)22)15(13)11-26(12-27)17-8-9-19(28)25-21(17)29;1-2/h2-7,12,17,24H,8-11,23H2,1H3,(H,25,28,29);1-2H3. The molecule has 0 aliphatic carbocycles. The fourth-order valence-electron chi connectivity index (χ4n) is 3.45. The molecule has 1 unspecified atom stereocenters. The predicted octanol–water partition coefficient (Wildman–Crippen LogP) is 3.50. The van der Waals surface area contributed by atoms with Crippen molar-refractivity contribution in [2.24, 2.45) is 5.14 Å². The van der Waals surface area contributed by atoms with Crippen molar-refractivity contribution in [3.8, 4) is 0 Å². The van der Waals surface area contributed by atoms with E-state index in [1.54, 1.807) is 18.2 Å². The molecule has 7 nitrogen and oxygen atoms in total. The second kappa shape index (κ2) is 12.2. The number of benzene rings is 2. The molecule has 0 radical (unpaired) electrons. The third-order valence-electron chi connectivity index (χ3n) is 5.14. The summed E-state index contributed by atoms with van der Waals surface area (Å²) in [6.45, 7) is 6.32. The quantitative estimate of drug-likeness (QED) is 0.316. The van der Waals surface area contributed by atoms with Crippen LogP contribution >= 0.6 is 11.9 Å². The number of carbonyl (C=O) groups excluding carboxylic acids is 3. The lowest BCUT2D eigenvalue weighted by Gasteiger charge is -2.31. The molecule has 2 aromatic carbocycles. The molecule has 4 N–H and O–H groups in total. The lowest BCUT2D eigenvalue weighted by Crippen LogP contribution is -2.51. The summed E-state index contributed by atoms with van der Waals surface area (Å²) in [4.78, 5) is 37.1. The Morgan fingerprint density at radius 1 is 1.25 bits per heavy atom. The summed E-state index contributed by atoms with van der Waals surface area (Å²) in [7, 11) is 0. The Bertz CT molecular complexity index is 970. The molecular weight excluding hydrogens is 431 g/mol. The molecule has 1 aliphatic heterocycles. The lowest BCUT2D eigenvalue weighted by atomic mass is 10.0. The van der Waals surface area contributed by atoms with E-state index in [0.29, 0.717) is 16.9 Å². The van der Waals surface area contributed by atoms with Crippen molar-refractivity contribution in [3.05, 3.63) is 58.9 Å². The van der Waals surface area contributed by atoms with Gasteiger partial charge in [0, 0.05) is 30.8 Å². The monoisotopic (exact) mass is 460 g/mol. The van der Waals surface area contributed by atoms with Crippen molar-refractivity contribution in [2.45, 2.75) is 57.6 Å². The highest BCUT2D eigenvalue weighted by Crippen LogP contribution is 2.26. The maximum Gasteiger partial charge on any atom is 0.249 e. The largest absolute Gasteiger partial charge is 0.381 e. The van der Waals surface area contributed by atoms with E-state index >= 15 is 0 Å². The number of aryl methyl sites for hydroxylation is 1. The van der Waals surface area contributed by atoms with E-state index in [9.17, 15) is 18.8 Å². The summed E-state index contributed by atoms with van der Waals surface area (Å²) in [5.74, 6) is -1.18. The third kappa shape index (κ3) is 6.08. The number of anilines is 1. The van der Waals surface area contributed by atoms with Gasteiger partial charge in [-0.15, -0.1) is 0 Å². The molecule has 172 valence electrons. The van der Waals surface area contributed by atoms with Gasteiger partial charge in [0.25, 0.3) is 0 Å². The number of nitrogens with one attached hydrogen (secondary N) is 2. The number of imide groups is 1. The maximum absolute atomic E-state index is 14.5. The van der Waals surface area contributed by atoms with Gasteiger partial charge in [-0.3, -0.25) is 24.8 Å². The van der Waals surface area contributed by atoms with Gasteiger partial charge in [-0.05, 0) is 48.6 Å². The number of rotatable bonds is 8. The predicted molar refractivity (Wildman–Crippen MR) is 124 cm³/mol. The van der Waals surface area contributed by atoms with Crippen LogP contribution in [-0.2, 0) is 27.5 Å². The molecule has 9 heteroatoms. The molecule has 1 heterocycles. The van der Waals surface area contributed by atoms with E-state index in [0.717, 1.165) is 28.8 Å². The zero-order chi connectivity index (χ0) is 23.7. The molecule has 0 bridgehead atoms. The Labute approximate surface area is 192 Å². The van der Waals surface area contributed by atoms with Crippen LogP contribution in [0.15, 0.2) is 41.3 Å². The van der Waals surface area contributed by atoms with E-state index in [1.807, 2.05) is 39.0 Å². The molecule has 2 aromatic rings. The van der Waals surface area contributed by atoms with Crippen LogP contribution in [0.3, 0.4) is 0 Å². The van der Waals surface area contributed by atoms with Gasteiger partial charge in [0.05, 0.1) is 4.90 Å². The van der Waals surface area contributed by atoms with Gasteiger partial charge in [-0.25, -0.2) is 4.39 Å². The van der Waals surface area contributed by atoms with Gasteiger partial charge in [0.1, 0.15) is 11.9 Å². The highest BCUT2D eigenvalue weighted by molar-refractivity contribution is 7.97. The van der Waals surface area contributed by atoms with Crippen LogP contribution in [0.4, 0.5) is 10.1 Å². The zero-order valence-electron chi connectivity index (χ0n) is 18.5. The van der Waals surface area contributed by atoms with Crippen molar-refractivity contribution in [3.63, 3.8) is 0 Å². The van der Waals surface area contributed by atoms with E-state index in [2.05, 4.69) is 10.6 Å². The molecular formula is C23H29FN4O3S. The molecule has 0 spiro atoms. The third-order valence-corrected chi connectivity index (χ3v) is 5.71. The smallest absolute Gasteiger partial charge is 0.249 e. The Balaban J connectivity index is 0.00000176. The first-order chi connectivity index (χ1) is 15.4. The summed E-state index contributed by atoms with van der Waals surface area (Å²) in [6, 6.07) is 9.94. The number of amides is 3. The van der Waals surface area contributed by atoms with Crippen LogP contribution in [0.1, 0.15) is 43.4 Å². The van der Waals surface area contributed by atoms with Crippen molar-refractivity contribution in [1.29, 1.82) is 0 Å². The first kappa shape index (κ1) is 25.4. The average Bonchev–Trinajstić information content (AvgIpc) is 2.80. The fraction of sp³-hybridized carbons (Fsp3) is 0.348. The van der Waals surface area contributed by atoms with Crippen LogP contribution in [-0.4, -0.2) is 29.2 Å². The van der Waals surface area contributed by atoms with Crippen LogP contribution < -0.4 is 15.8 Å². The highest BCUT2D eigenvalue weighted by atomic mass is 32.2. The molecule has 1 atom stereocenters. The Kier molecular flexibility index (Phi) is 9.67. The van der Waals surface area contributed by atoms with Gasteiger partial charge in [0.15, 0.2) is 0 Å². The summed E-state index contributed by atoms with van der Waals surface area (Å²) in [6.07, 6.45) is 1.10. The van der Waals surface area contributed by atoms with Crippen molar-refractivity contribution in [1.82, 2.24) is 10.2 Å². The lowest BCUT2D eigenvalue weighted by molar-refractivity contribution is -0.141. The van der Waals surface area contributed by atoms with E-state index in [4.69, 9.17) is 5.14 Å². The van der Waals surface area contributed by atoms with E-state index in [1.165, 1.54) is 4.90 Å². The second-order valence-corrected chi connectivity index (χ2v) is 7.72. The highest BCUT2D eigenvalue weighted by Gasteiger charge is 2.31. The molecule has 1 aliphatic rings. The molecule has 0 aromatic heterocycles. The number of nitrogens with zero attached hydrogens (tertiary/aromatic N) is 1. The number of carbonyl (C=O) groups is 3. The van der Waals surface area contributed by atoms with Crippen LogP contribution in [0.25, 0.3) is 0 Å². The molecule has 3 rings (SSSR count). The number of hydrogen-bond donors (Lipinski definition) is 3. The summed E-state index contributed by atoms with van der Waals surface area (Å²) in [5.41, 5.74) is 2.94. The zero-order valence-corrected chi connectivity index (χ0v) is 19.3. The summed E-state index contributed by atoms with van der Waals surface area (Å²) >= 11 is 0.854. The van der Waals surface area contributed by atoms with E-state index < -0.39 is 11.9 Å².